The maximum absolute atomic E-state index is 13.1. The zero-order valence-electron chi connectivity index (χ0n) is 18.8. The molecule has 0 bridgehead atoms. The summed E-state index contributed by atoms with van der Waals surface area (Å²) in [7, 11) is 0. The Balaban J connectivity index is 1.30. The molecule has 3 atom stereocenters. The minimum Gasteiger partial charge on any atom is -0.394 e. The summed E-state index contributed by atoms with van der Waals surface area (Å²) in [5.41, 5.74) is 3.10. The van der Waals surface area contributed by atoms with Crippen molar-refractivity contribution in [3.05, 3.63) is 95.6 Å². The zero-order chi connectivity index (χ0) is 24.4. The number of hydrogen-bond acceptors (Lipinski definition) is 4. The number of nitrogens with one attached hydrogen (secondary N) is 1. The lowest BCUT2D eigenvalue weighted by Crippen LogP contribution is -2.73. The second-order valence-corrected chi connectivity index (χ2v) is 8.58. The monoisotopic (exact) mass is 470 g/mol. The lowest BCUT2D eigenvalue weighted by Gasteiger charge is -2.58. The second kappa shape index (κ2) is 9.57. The molecule has 7 nitrogen and oxygen atoms in total. The number of carbonyl (C=O) groups excluding carboxylic acids is 2. The number of benzene rings is 2. The highest BCUT2D eigenvalue weighted by Gasteiger charge is 2.54. The molecule has 0 saturated carbocycles. The number of rotatable bonds is 3. The number of nitrogens with zero attached hydrogens (tertiary/aromatic N) is 3. The molecule has 2 aliphatic rings. The first-order valence-electron chi connectivity index (χ1n) is 11.3. The largest absolute Gasteiger partial charge is 0.394 e. The molecular weight excluding hydrogens is 447 g/mol. The van der Waals surface area contributed by atoms with Gasteiger partial charge in [-0.3, -0.25) is 9.78 Å². The highest BCUT2D eigenvalue weighted by molar-refractivity contribution is 5.93. The van der Waals surface area contributed by atoms with Crippen molar-refractivity contribution in [3.8, 4) is 11.8 Å². The lowest BCUT2D eigenvalue weighted by atomic mass is 9.73. The van der Waals surface area contributed by atoms with Crippen LogP contribution in [-0.4, -0.2) is 63.6 Å². The Bertz CT molecular complexity index is 1290. The van der Waals surface area contributed by atoms with Crippen LogP contribution in [0.3, 0.4) is 0 Å². The number of piperazine rings is 1. The van der Waals surface area contributed by atoms with Gasteiger partial charge in [0, 0.05) is 41.7 Å². The number of amides is 3. The molecule has 176 valence electrons. The Morgan fingerprint density at radius 3 is 2.51 bits per heavy atom. The molecule has 2 aromatic carbocycles. The van der Waals surface area contributed by atoms with E-state index in [1.54, 1.807) is 17.3 Å². The number of urea groups is 1. The maximum atomic E-state index is 13.1. The second-order valence-electron chi connectivity index (χ2n) is 8.58. The number of aromatic nitrogens is 1. The van der Waals surface area contributed by atoms with Crippen LogP contribution in [-0.2, 0) is 4.79 Å². The fourth-order valence-electron chi connectivity index (χ4n) is 4.76. The van der Waals surface area contributed by atoms with Gasteiger partial charge in [-0.1, -0.05) is 24.0 Å². The molecule has 5 rings (SSSR count). The predicted octanol–water partition coefficient (Wildman–Crippen LogP) is 2.82. The van der Waals surface area contributed by atoms with E-state index in [-0.39, 0.29) is 37.1 Å². The Kier molecular flexibility index (Phi) is 6.17. The Morgan fingerprint density at radius 1 is 1.09 bits per heavy atom. The first kappa shape index (κ1) is 22.6. The molecule has 1 aromatic heterocycles. The fourth-order valence-corrected chi connectivity index (χ4v) is 4.76. The van der Waals surface area contributed by atoms with Crippen molar-refractivity contribution in [2.24, 2.45) is 0 Å². The zero-order valence-corrected chi connectivity index (χ0v) is 18.8. The van der Waals surface area contributed by atoms with Crippen molar-refractivity contribution in [2.45, 2.75) is 18.0 Å². The molecule has 3 aromatic rings. The van der Waals surface area contributed by atoms with E-state index < -0.39 is 11.8 Å². The van der Waals surface area contributed by atoms with Crippen LogP contribution in [0.25, 0.3) is 0 Å². The van der Waals surface area contributed by atoms with Gasteiger partial charge in [0.1, 0.15) is 12.4 Å². The van der Waals surface area contributed by atoms with Crippen LogP contribution in [0.4, 0.5) is 14.9 Å². The van der Waals surface area contributed by atoms with Crippen LogP contribution in [0.15, 0.2) is 73.1 Å². The highest BCUT2D eigenvalue weighted by Crippen LogP contribution is 2.43. The number of aliphatic hydroxyl groups excluding tert-OH is 1. The molecule has 2 aliphatic heterocycles. The Morgan fingerprint density at radius 2 is 1.83 bits per heavy atom. The Labute approximate surface area is 202 Å². The summed E-state index contributed by atoms with van der Waals surface area (Å²) < 4.78 is 13.1. The van der Waals surface area contributed by atoms with Crippen molar-refractivity contribution < 1.29 is 19.1 Å². The topological polar surface area (TPSA) is 85.8 Å². The summed E-state index contributed by atoms with van der Waals surface area (Å²) in [5, 5.41) is 12.7. The summed E-state index contributed by atoms with van der Waals surface area (Å²) in [6.45, 7) is 0.107. The van der Waals surface area contributed by atoms with Crippen LogP contribution in [0.2, 0.25) is 0 Å². The van der Waals surface area contributed by atoms with Crippen molar-refractivity contribution >= 4 is 17.6 Å². The summed E-state index contributed by atoms with van der Waals surface area (Å²) in [4.78, 5) is 32.8. The molecule has 2 saturated heterocycles. The molecule has 35 heavy (non-hydrogen) atoms. The van der Waals surface area contributed by atoms with E-state index in [2.05, 4.69) is 22.1 Å². The first-order valence-corrected chi connectivity index (χ1v) is 11.3. The number of aliphatic hydroxyl groups is 1. The summed E-state index contributed by atoms with van der Waals surface area (Å²) in [6, 6.07) is 15.9. The predicted molar refractivity (Wildman–Crippen MR) is 128 cm³/mol. The highest BCUT2D eigenvalue weighted by atomic mass is 19.1. The van der Waals surface area contributed by atoms with Crippen LogP contribution in [0.1, 0.15) is 22.6 Å². The molecule has 2 fully saturated rings. The van der Waals surface area contributed by atoms with Crippen LogP contribution in [0, 0.1) is 17.7 Å². The molecule has 0 spiro atoms. The standard InChI is InChI=1S/C27H23FN4O3/c28-21-9-11-22(12-10-21)30-27(35)31-15-23-26(24(17-33)32(23)25(34)16-31)20-7-5-18(6-8-20)3-4-19-2-1-13-29-14-19/h1-2,5-14,23-24,26,33H,15-17H2,(H,30,35)/t23-,24-,26+/m0/s1. The van der Waals surface area contributed by atoms with Crippen molar-refractivity contribution in [2.75, 3.05) is 25.0 Å². The van der Waals surface area contributed by atoms with Crippen molar-refractivity contribution in [1.29, 1.82) is 0 Å². The quantitative estimate of drug-likeness (QED) is 0.577. The van der Waals surface area contributed by atoms with Gasteiger partial charge < -0.3 is 20.2 Å². The summed E-state index contributed by atoms with van der Waals surface area (Å²) >= 11 is 0. The van der Waals surface area contributed by atoms with E-state index in [1.165, 1.54) is 29.2 Å². The Hall–Kier alpha value is -4.22. The fraction of sp³-hybridized carbons (Fsp3) is 0.222. The van der Waals surface area contributed by atoms with Gasteiger partial charge in [-0.15, -0.1) is 0 Å². The van der Waals surface area contributed by atoms with E-state index >= 15 is 0 Å². The number of fused-ring (bicyclic) bond motifs is 1. The van der Waals surface area contributed by atoms with Crippen LogP contribution >= 0.6 is 0 Å². The van der Waals surface area contributed by atoms with Gasteiger partial charge in [0.15, 0.2) is 0 Å². The van der Waals surface area contributed by atoms with E-state index in [0.717, 1.165) is 16.7 Å². The molecule has 2 N–H and O–H groups in total. The third-order valence-corrected chi connectivity index (χ3v) is 6.44. The normalized spacial score (nSPS) is 20.9. The SMILES string of the molecule is O=C(Nc1ccc(F)cc1)N1CC(=O)N2[C@@H](CO)[C@H](c3ccc(C#Cc4cccnc4)cc3)[C@@H]2C1. The van der Waals surface area contributed by atoms with Gasteiger partial charge in [0.2, 0.25) is 5.91 Å². The number of pyridine rings is 1. The molecule has 3 amide bonds. The molecular formula is C27H23FN4O3. The summed E-state index contributed by atoms with van der Waals surface area (Å²) in [6.07, 6.45) is 3.40. The number of anilines is 1. The number of hydrogen-bond donors (Lipinski definition) is 2. The number of carbonyl (C=O) groups is 2. The third kappa shape index (κ3) is 4.59. The van der Waals surface area contributed by atoms with Gasteiger partial charge >= 0.3 is 6.03 Å². The van der Waals surface area contributed by atoms with Crippen molar-refractivity contribution in [3.63, 3.8) is 0 Å². The van der Waals surface area contributed by atoms with E-state index in [0.29, 0.717) is 12.2 Å². The maximum Gasteiger partial charge on any atom is 0.322 e. The summed E-state index contributed by atoms with van der Waals surface area (Å²) in [5.74, 6) is 5.48. The van der Waals surface area contributed by atoms with Gasteiger partial charge in [0.05, 0.1) is 18.7 Å². The minimum absolute atomic E-state index is 0.0738. The van der Waals surface area contributed by atoms with E-state index in [4.69, 9.17) is 0 Å². The number of halogens is 1. The third-order valence-electron chi connectivity index (χ3n) is 6.44. The van der Waals surface area contributed by atoms with Crippen LogP contribution in [0.5, 0.6) is 0 Å². The van der Waals surface area contributed by atoms with Gasteiger partial charge in [0.25, 0.3) is 0 Å². The van der Waals surface area contributed by atoms with Gasteiger partial charge in [-0.05, 0) is 54.1 Å². The van der Waals surface area contributed by atoms with Crippen molar-refractivity contribution in [1.82, 2.24) is 14.8 Å². The van der Waals surface area contributed by atoms with Gasteiger partial charge in [-0.2, -0.15) is 0 Å². The van der Waals surface area contributed by atoms with Crippen LogP contribution < -0.4 is 5.32 Å². The van der Waals surface area contributed by atoms with E-state index in [9.17, 15) is 19.1 Å². The smallest absolute Gasteiger partial charge is 0.322 e. The van der Waals surface area contributed by atoms with E-state index in [1.807, 2.05) is 36.4 Å². The molecule has 3 heterocycles. The lowest BCUT2D eigenvalue weighted by molar-refractivity contribution is -0.159. The minimum atomic E-state index is -0.420. The molecule has 0 aliphatic carbocycles. The molecule has 8 heteroatoms. The first-order chi connectivity index (χ1) is 17.0. The molecule has 0 unspecified atom stereocenters. The average Bonchev–Trinajstić information content (AvgIpc) is 2.86. The average molecular weight is 471 g/mol. The molecule has 0 radical (unpaired) electrons. The van der Waals surface area contributed by atoms with Gasteiger partial charge in [-0.25, -0.2) is 9.18 Å².